The van der Waals surface area contributed by atoms with Crippen molar-refractivity contribution in [3.8, 4) is 17.0 Å². The van der Waals surface area contributed by atoms with Crippen LogP contribution in [0.1, 0.15) is 5.56 Å². The molecule has 1 heterocycles. The van der Waals surface area contributed by atoms with Crippen LogP contribution in [0.25, 0.3) is 11.3 Å². The molecule has 8 heteroatoms. The molecule has 0 fully saturated rings. The molecule has 0 bridgehead atoms. The molecular formula is C16H13N5O3. The number of rotatable bonds is 4. The lowest BCUT2D eigenvalue weighted by molar-refractivity contribution is -0.384. The van der Waals surface area contributed by atoms with E-state index in [-0.39, 0.29) is 17.4 Å². The number of nitrogens with zero attached hydrogens (tertiary/aromatic N) is 4. The average molecular weight is 323 g/mol. The van der Waals surface area contributed by atoms with E-state index in [1.165, 1.54) is 23.0 Å². The van der Waals surface area contributed by atoms with Gasteiger partial charge in [0, 0.05) is 17.7 Å². The van der Waals surface area contributed by atoms with Gasteiger partial charge in [-0.1, -0.05) is 24.3 Å². The number of nitro benzene ring substituents is 1. The van der Waals surface area contributed by atoms with Crippen molar-refractivity contribution in [1.82, 2.24) is 9.66 Å². The molecule has 0 amide bonds. The third kappa shape index (κ3) is 3.22. The van der Waals surface area contributed by atoms with E-state index in [2.05, 4.69) is 10.1 Å². The average Bonchev–Trinajstić information content (AvgIpc) is 2.94. The molecule has 0 aliphatic heterocycles. The van der Waals surface area contributed by atoms with Gasteiger partial charge in [0.1, 0.15) is 5.75 Å². The van der Waals surface area contributed by atoms with Crippen LogP contribution in [-0.2, 0) is 0 Å². The molecule has 8 nitrogen and oxygen atoms in total. The van der Waals surface area contributed by atoms with Crippen molar-refractivity contribution in [2.45, 2.75) is 0 Å². The third-order valence-electron chi connectivity index (χ3n) is 3.27. The first-order valence-electron chi connectivity index (χ1n) is 6.96. The van der Waals surface area contributed by atoms with E-state index in [0.717, 1.165) is 0 Å². The van der Waals surface area contributed by atoms with Crippen LogP contribution >= 0.6 is 0 Å². The van der Waals surface area contributed by atoms with Gasteiger partial charge >= 0.3 is 0 Å². The van der Waals surface area contributed by atoms with Gasteiger partial charge in [0.2, 0.25) is 5.95 Å². The molecule has 3 N–H and O–H groups in total. The Morgan fingerprint density at radius 2 is 2.04 bits per heavy atom. The van der Waals surface area contributed by atoms with Crippen molar-refractivity contribution in [3.63, 3.8) is 0 Å². The Kier molecular flexibility index (Phi) is 3.94. The number of hydrogen-bond donors (Lipinski definition) is 2. The number of phenolic OH excluding ortho intramolecular Hbond substituents is 1. The monoisotopic (exact) mass is 323 g/mol. The van der Waals surface area contributed by atoms with Crippen LogP contribution < -0.4 is 5.73 Å². The fourth-order valence-electron chi connectivity index (χ4n) is 2.13. The van der Waals surface area contributed by atoms with E-state index in [1.54, 1.807) is 42.6 Å². The Bertz CT molecular complexity index is 933. The van der Waals surface area contributed by atoms with Crippen LogP contribution in [0.4, 0.5) is 11.6 Å². The van der Waals surface area contributed by atoms with Crippen LogP contribution in [0.15, 0.2) is 59.8 Å². The number of benzene rings is 2. The van der Waals surface area contributed by atoms with Gasteiger partial charge in [0.25, 0.3) is 5.69 Å². The second kappa shape index (κ2) is 6.21. The summed E-state index contributed by atoms with van der Waals surface area (Å²) in [6.07, 6.45) is 3.10. The van der Waals surface area contributed by atoms with Crippen LogP contribution in [0.2, 0.25) is 0 Å². The lowest BCUT2D eigenvalue weighted by atomic mass is 10.1. The van der Waals surface area contributed by atoms with Gasteiger partial charge in [-0.25, -0.2) is 9.66 Å². The SMILES string of the molecule is Nc1nc(-c2cccc([N+](=O)[O-])c2)cn1N=Cc1cccc(O)c1. The smallest absolute Gasteiger partial charge is 0.270 e. The highest BCUT2D eigenvalue weighted by atomic mass is 16.6. The summed E-state index contributed by atoms with van der Waals surface area (Å²) in [4.78, 5) is 14.6. The second-order valence-corrected chi connectivity index (χ2v) is 4.98. The van der Waals surface area contributed by atoms with Crippen LogP contribution in [0.5, 0.6) is 5.75 Å². The summed E-state index contributed by atoms with van der Waals surface area (Å²) in [5.74, 6) is 0.280. The molecule has 0 atom stereocenters. The van der Waals surface area contributed by atoms with E-state index in [4.69, 9.17) is 5.73 Å². The van der Waals surface area contributed by atoms with Crippen molar-refractivity contribution in [2.24, 2.45) is 5.10 Å². The molecule has 0 aliphatic rings. The van der Waals surface area contributed by atoms with Crippen molar-refractivity contribution >= 4 is 17.9 Å². The van der Waals surface area contributed by atoms with Crippen molar-refractivity contribution in [1.29, 1.82) is 0 Å². The molecule has 0 aliphatic carbocycles. The summed E-state index contributed by atoms with van der Waals surface area (Å²) in [6.45, 7) is 0. The number of nitrogens with two attached hydrogens (primary N) is 1. The number of hydrogen-bond acceptors (Lipinski definition) is 6. The molecule has 0 saturated carbocycles. The predicted molar refractivity (Wildman–Crippen MR) is 89.8 cm³/mol. The van der Waals surface area contributed by atoms with Crippen LogP contribution in [0.3, 0.4) is 0 Å². The maximum absolute atomic E-state index is 10.9. The second-order valence-electron chi connectivity index (χ2n) is 4.98. The minimum atomic E-state index is -0.468. The van der Waals surface area contributed by atoms with Gasteiger partial charge < -0.3 is 10.8 Å². The Hall–Kier alpha value is -3.68. The summed E-state index contributed by atoms with van der Waals surface area (Å²) in [7, 11) is 0. The first kappa shape index (κ1) is 15.2. The quantitative estimate of drug-likeness (QED) is 0.434. The molecule has 3 rings (SSSR count). The van der Waals surface area contributed by atoms with E-state index in [0.29, 0.717) is 16.8 Å². The van der Waals surface area contributed by atoms with Gasteiger partial charge in [-0.15, -0.1) is 0 Å². The Morgan fingerprint density at radius 1 is 1.25 bits per heavy atom. The molecular weight excluding hydrogens is 310 g/mol. The lowest BCUT2D eigenvalue weighted by Crippen LogP contribution is -1.96. The van der Waals surface area contributed by atoms with E-state index < -0.39 is 4.92 Å². The highest BCUT2D eigenvalue weighted by Crippen LogP contribution is 2.24. The normalized spacial score (nSPS) is 11.0. The fraction of sp³-hybridized carbons (Fsp3) is 0. The standard InChI is InChI=1S/C16H13N5O3/c17-16-19-15(12-4-2-5-13(8-12)21(23)24)10-20(16)18-9-11-3-1-6-14(22)7-11/h1-10,22H,(H2,17,19). The topological polar surface area (TPSA) is 120 Å². The van der Waals surface area contributed by atoms with Gasteiger partial charge in [-0.3, -0.25) is 10.1 Å². The molecule has 24 heavy (non-hydrogen) atoms. The summed E-state index contributed by atoms with van der Waals surface area (Å²) in [6, 6.07) is 12.7. The maximum Gasteiger partial charge on any atom is 0.270 e. The number of non-ortho nitro benzene ring substituents is 1. The van der Waals surface area contributed by atoms with Gasteiger partial charge in [-0.05, 0) is 17.7 Å². The zero-order valence-electron chi connectivity index (χ0n) is 12.4. The Morgan fingerprint density at radius 3 is 2.79 bits per heavy atom. The number of phenols is 1. The lowest BCUT2D eigenvalue weighted by Gasteiger charge is -1.97. The molecule has 3 aromatic rings. The highest BCUT2D eigenvalue weighted by molar-refractivity contribution is 5.80. The van der Waals surface area contributed by atoms with Crippen LogP contribution in [-0.4, -0.2) is 25.9 Å². The number of aromatic nitrogens is 2. The van der Waals surface area contributed by atoms with E-state index in [1.807, 2.05) is 0 Å². The molecule has 0 saturated heterocycles. The zero-order valence-corrected chi connectivity index (χ0v) is 12.4. The molecule has 0 unspecified atom stereocenters. The number of anilines is 1. The molecule has 1 aromatic heterocycles. The van der Waals surface area contributed by atoms with Crippen molar-refractivity contribution < 1.29 is 10.0 Å². The summed E-state index contributed by atoms with van der Waals surface area (Å²) in [5, 5.41) is 24.5. The van der Waals surface area contributed by atoms with Gasteiger partial charge in [-0.2, -0.15) is 5.10 Å². The minimum Gasteiger partial charge on any atom is -0.508 e. The number of aromatic hydroxyl groups is 1. The van der Waals surface area contributed by atoms with E-state index in [9.17, 15) is 15.2 Å². The molecule has 0 spiro atoms. The summed E-state index contributed by atoms with van der Waals surface area (Å²) in [5.41, 5.74) is 7.54. The van der Waals surface area contributed by atoms with Crippen molar-refractivity contribution in [2.75, 3.05) is 5.73 Å². The number of nitro groups is 1. The minimum absolute atomic E-state index is 0.0242. The van der Waals surface area contributed by atoms with Crippen molar-refractivity contribution in [3.05, 3.63) is 70.4 Å². The largest absolute Gasteiger partial charge is 0.508 e. The highest BCUT2D eigenvalue weighted by Gasteiger charge is 2.11. The fourth-order valence-corrected chi connectivity index (χ4v) is 2.13. The van der Waals surface area contributed by atoms with Gasteiger partial charge in [0.15, 0.2) is 0 Å². The predicted octanol–water partition coefficient (Wildman–Crippen LogP) is 2.63. The first-order valence-corrected chi connectivity index (χ1v) is 6.96. The van der Waals surface area contributed by atoms with Gasteiger partial charge in [0.05, 0.1) is 23.0 Å². The number of imidazole rings is 1. The zero-order chi connectivity index (χ0) is 17.1. The molecule has 0 radical (unpaired) electrons. The Labute approximate surface area is 136 Å². The first-order chi connectivity index (χ1) is 11.5. The molecule has 2 aromatic carbocycles. The molecule has 120 valence electrons. The summed E-state index contributed by atoms with van der Waals surface area (Å²) < 4.78 is 1.36. The maximum atomic E-state index is 10.9. The summed E-state index contributed by atoms with van der Waals surface area (Å²) >= 11 is 0. The third-order valence-corrected chi connectivity index (χ3v) is 3.27. The Balaban J connectivity index is 1.90. The number of nitrogen functional groups attached to an aromatic ring is 1. The van der Waals surface area contributed by atoms with Crippen LogP contribution in [0, 0.1) is 10.1 Å². The van der Waals surface area contributed by atoms with E-state index >= 15 is 0 Å².